The molecule has 1 N–H and O–H groups in total. The molecule has 1 fully saturated rings. The van der Waals surface area contributed by atoms with Crippen LogP contribution in [0.25, 0.3) is 0 Å². The van der Waals surface area contributed by atoms with Gasteiger partial charge in [-0.1, -0.05) is 24.3 Å². The Morgan fingerprint density at radius 3 is 2.45 bits per heavy atom. The fraction of sp³-hybridized carbons (Fsp3) is 0.364. The van der Waals surface area contributed by atoms with Gasteiger partial charge in [0.2, 0.25) is 5.91 Å². The Morgan fingerprint density at radius 1 is 1.16 bits per heavy atom. The number of para-hydroxylation sites is 1. The van der Waals surface area contributed by atoms with Gasteiger partial charge in [-0.2, -0.15) is 13.2 Å². The molecular weight excluding hydrogens is 413 g/mol. The number of anilines is 1. The highest BCUT2D eigenvalue weighted by Gasteiger charge is 2.39. The molecule has 1 unspecified atom stereocenters. The summed E-state index contributed by atoms with van der Waals surface area (Å²) in [5, 5.41) is 9.05. The lowest BCUT2D eigenvalue weighted by atomic mass is 10.1. The number of nitrogens with zero attached hydrogens (tertiary/aromatic N) is 2. The lowest BCUT2D eigenvalue weighted by Crippen LogP contribution is -2.43. The lowest BCUT2D eigenvalue weighted by molar-refractivity contribution is -0.137. The number of hydrogen-bond donors (Lipinski definition) is 1. The minimum atomic E-state index is -4.60. The van der Waals surface area contributed by atoms with Gasteiger partial charge in [-0.15, -0.1) is 0 Å². The van der Waals surface area contributed by atoms with E-state index in [1.54, 1.807) is 24.3 Å². The van der Waals surface area contributed by atoms with E-state index in [1.807, 2.05) is 0 Å². The van der Waals surface area contributed by atoms with Crippen molar-refractivity contribution in [3.8, 4) is 5.75 Å². The second kappa shape index (κ2) is 9.38. The summed E-state index contributed by atoms with van der Waals surface area (Å²) in [6, 6.07) is 11.0. The van der Waals surface area contributed by atoms with Crippen molar-refractivity contribution in [3.63, 3.8) is 0 Å². The highest BCUT2D eigenvalue weighted by atomic mass is 19.4. The van der Waals surface area contributed by atoms with Crippen molar-refractivity contribution in [2.24, 2.45) is 0 Å². The summed E-state index contributed by atoms with van der Waals surface area (Å²) in [6.07, 6.45) is -4.24. The minimum absolute atomic E-state index is 0.0987. The van der Waals surface area contributed by atoms with E-state index in [2.05, 4.69) is 0 Å². The maximum absolute atomic E-state index is 13.4. The standard InChI is InChI=1S/C22H23F3N2O4/c1-15(29)27(20-5-3-2-4-19(20)22(23,24)25)17-10-11-26(12-17)21(30)14-31-18-8-6-16(13-28)7-9-18/h2-9,17,28H,10-14H2,1H3. The Balaban J connectivity index is 1.68. The molecule has 9 heteroatoms. The predicted octanol–water partition coefficient (Wildman–Crippen LogP) is 3.23. The largest absolute Gasteiger partial charge is 0.484 e. The number of halogens is 3. The summed E-state index contributed by atoms with van der Waals surface area (Å²) < 4.78 is 45.8. The first-order valence-electron chi connectivity index (χ1n) is 9.77. The molecule has 0 aromatic heterocycles. The van der Waals surface area contributed by atoms with Crippen LogP contribution in [0.2, 0.25) is 0 Å². The first kappa shape index (κ1) is 22.6. The van der Waals surface area contributed by atoms with Gasteiger partial charge < -0.3 is 19.6 Å². The molecule has 0 saturated carbocycles. The van der Waals surface area contributed by atoms with E-state index < -0.39 is 23.7 Å². The first-order chi connectivity index (χ1) is 14.7. The van der Waals surface area contributed by atoms with Crippen LogP contribution in [-0.4, -0.2) is 47.6 Å². The maximum atomic E-state index is 13.4. The quantitative estimate of drug-likeness (QED) is 0.755. The number of carbonyl (C=O) groups is 2. The van der Waals surface area contributed by atoms with Crippen LogP contribution in [0.5, 0.6) is 5.75 Å². The summed E-state index contributed by atoms with van der Waals surface area (Å²) in [5.74, 6) is -0.372. The van der Waals surface area contributed by atoms with E-state index in [0.717, 1.165) is 11.0 Å². The molecule has 166 valence electrons. The van der Waals surface area contributed by atoms with Crippen LogP contribution in [0.3, 0.4) is 0 Å². The minimum Gasteiger partial charge on any atom is -0.484 e. The smallest absolute Gasteiger partial charge is 0.418 e. The number of aliphatic hydroxyl groups excluding tert-OH is 1. The Morgan fingerprint density at radius 2 is 1.84 bits per heavy atom. The molecule has 31 heavy (non-hydrogen) atoms. The van der Waals surface area contributed by atoms with E-state index in [0.29, 0.717) is 24.3 Å². The predicted molar refractivity (Wildman–Crippen MR) is 107 cm³/mol. The number of alkyl halides is 3. The second-order valence-electron chi connectivity index (χ2n) is 7.28. The van der Waals surface area contributed by atoms with Crippen molar-refractivity contribution in [2.75, 3.05) is 24.6 Å². The molecule has 2 aromatic carbocycles. The molecule has 2 aromatic rings. The zero-order chi connectivity index (χ0) is 22.6. The van der Waals surface area contributed by atoms with Gasteiger partial charge in [-0.05, 0) is 36.2 Å². The SMILES string of the molecule is CC(=O)N(c1ccccc1C(F)(F)F)C1CCN(C(=O)COc2ccc(CO)cc2)C1. The van der Waals surface area contributed by atoms with Crippen molar-refractivity contribution in [2.45, 2.75) is 32.2 Å². The number of benzene rings is 2. The molecule has 3 rings (SSSR count). The topological polar surface area (TPSA) is 70.1 Å². The molecule has 1 heterocycles. The summed E-state index contributed by atoms with van der Waals surface area (Å²) in [6.45, 7) is 1.32. The third-order valence-corrected chi connectivity index (χ3v) is 5.16. The third kappa shape index (κ3) is 5.35. The highest BCUT2D eigenvalue weighted by molar-refractivity contribution is 5.93. The Bertz CT molecular complexity index is 931. The molecule has 1 saturated heterocycles. The number of likely N-dealkylation sites (tertiary alicyclic amines) is 1. The number of amides is 2. The summed E-state index contributed by atoms with van der Waals surface area (Å²) in [7, 11) is 0. The van der Waals surface area contributed by atoms with Crippen LogP contribution in [0.4, 0.5) is 18.9 Å². The van der Waals surface area contributed by atoms with Gasteiger partial charge in [-0.25, -0.2) is 0 Å². The first-order valence-corrected chi connectivity index (χ1v) is 9.77. The number of carbonyl (C=O) groups excluding carboxylic acids is 2. The van der Waals surface area contributed by atoms with E-state index in [-0.39, 0.29) is 31.4 Å². The molecule has 6 nitrogen and oxygen atoms in total. The van der Waals surface area contributed by atoms with Crippen LogP contribution in [0.15, 0.2) is 48.5 Å². The van der Waals surface area contributed by atoms with E-state index in [1.165, 1.54) is 30.0 Å². The van der Waals surface area contributed by atoms with Gasteiger partial charge in [0.05, 0.1) is 23.9 Å². The van der Waals surface area contributed by atoms with Gasteiger partial charge in [0.15, 0.2) is 6.61 Å². The Labute approximate surface area is 177 Å². The second-order valence-corrected chi connectivity index (χ2v) is 7.28. The fourth-order valence-corrected chi connectivity index (χ4v) is 3.65. The highest BCUT2D eigenvalue weighted by Crippen LogP contribution is 2.38. The number of hydrogen-bond acceptors (Lipinski definition) is 4. The monoisotopic (exact) mass is 436 g/mol. The maximum Gasteiger partial charge on any atom is 0.418 e. The van der Waals surface area contributed by atoms with Gasteiger partial charge in [-0.3, -0.25) is 9.59 Å². The molecule has 0 spiro atoms. The lowest BCUT2D eigenvalue weighted by Gasteiger charge is -2.30. The van der Waals surface area contributed by atoms with Crippen LogP contribution >= 0.6 is 0 Å². The zero-order valence-corrected chi connectivity index (χ0v) is 16.9. The van der Waals surface area contributed by atoms with Crippen LogP contribution < -0.4 is 9.64 Å². The molecule has 1 aliphatic heterocycles. The molecule has 0 bridgehead atoms. The van der Waals surface area contributed by atoms with Crippen LogP contribution in [0, 0.1) is 0 Å². The van der Waals surface area contributed by atoms with Crippen molar-refractivity contribution >= 4 is 17.5 Å². The van der Waals surface area contributed by atoms with Gasteiger partial charge >= 0.3 is 6.18 Å². The van der Waals surface area contributed by atoms with Crippen molar-refractivity contribution in [3.05, 3.63) is 59.7 Å². The van der Waals surface area contributed by atoms with Gasteiger partial charge in [0.1, 0.15) is 5.75 Å². The zero-order valence-electron chi connectivity index (χ0n) is 16.9. The molecular formula is C22H23F3N2O4. The third-order valence-electron chi connectivity index (χ3n) is 5.16. The summed E-state index contributed by atoms with van der Waals surface area (Å²) >= 11 is 0. The normalized spacial score (nSPS) is 16.3. The van der Waals surface area contributed by atoms with Crippen molar-refractivity contribution < 1.29 is 32.6 Å². The van der Waals surface area contributed by atoms with Crippen LogP contribution in [0.1, 0.15) is 24.5 Å². The van der Waals surface area contributed by atoms with E-state index in [4.69, 9.17) is 9.84 Å². The summed E-state index contributed by atoms with van der Waals surface area (Å²) in [5.41, 5.74) is -0.379. The number of aliphatic hydroxyl groups is 1. The molecule has 2 amide bonds. The van der Waals surface area contributed by atoms with Crippen molar-refractivity contribution in [1.82, 2.24) is 4.90 Å². The number of rotatable bonds is 6. The Hall–Kier alpha value is -3.07. The number of ether oxygens (including phenoxy) is 1. The fourth-order valence-electron chi connectivity index (χ4n) is 3.65. The average molecular weight is 436 g/mol. The average Bonchev–Trinajstić information content (AvgIpc) is 3.21. The van der Waals surface area contributed by atoms with Gasteiger partial charge in [0, 0.05) is 20.0 Å². The van der Waals surface area contributed by atoms with Crippen LogP contribution in [-0.2, 0) is 22.4 Å². The Kier molecular flexibility index (Phi) is 6.84. The molecule has 1 aliphatic rings. The molecule has 0 aliphatic carbocycles. The van der Waals surface area contributed by atoms with Crippen molar-refractivity contribution in [1.29, 1.82) is 0 Å². The van der Waals surface area contributed by atoms with E-state index in [9.17, 15) is 22.8 Å². The molecule has 1 atom stereocenters. The van der Waals surface area contributed by atoms with Gasteiger partial charge in [0.25, 0.3) is 5.91 Å². The molecule has 0 radical (unpaired) electrons. The summed E-state index contributed by atoms with van der Waals surface area (Å²) in [4.78, 5) is 27.4. The van der Waals surface area contributed by atoms with E-state index >= 15 is 0 Å².